The average molecular weight is 350 g/mol. The van der Waals surface area contributed by atoms with Crippen molar-refractivity contribution in [1.82, 2.24) is 0 Å². The summed E-state index contributed by atoms with van der Waals surface area (Å²) in [4.78, 5) is 0. The van der Waals surface area contributed by atoms with Gasteiger partial charge < -0.3 is 18.8 Å². The van der Waals surface area contributed by atoms with Crippen molar-refractivity contribution in [3.05, 3.63) is 18.2 Å². The second-order valence-electron chi connectivity index (χ2n) is 9.21. The van der Waals surface area contributed by atoms with E-state index in [9.17, 15) is 5.11 Å². The Balaban J connectivity index is 2.31. The van der Waals surface area contributed by atoms with Gasteiger partial charge in [0.2, 0.25) is 8.32 Å². The van der Waals surface area contributed by atoms with Gasteiger partial charge in [-0.2, -0.15) is 0 Å². The Morgan fingerprint density at radius 2 is 1.50 bits per heavy atom. The molecule has 0 radical (unpaired) electrons. The molecule has 134 valence electrons. The SMILES string of the molecule is CC1(C)OB(c2cc(O)cc(O[Si](C)(C)C(C)(C)C)c2)OC1(C)C. The Morgan fingerprint density at radius 1 is 1.00 bits per heavy atom. The third kappa shape index (κ3) is 3.65. The van der Waals surface area contributed by atoms with Gasteiger partial charge in [0.25, 0.3) is 0 Å². The van der Waals surface area contributed by atoms with Gasteiger partial charge >= 0.3 is 7.12 Å². The van der Waals surface area contributed by atoms with E-state index in [1.54, 1.807) is 12.1 Å². The molecule has 0 spiro atoms. The molecule has 1 aliphatic heterocycles. The van der Waals surface area contributed by atoms with E-state index in [-0.39, 0.29) is 10.8 Å². The molecule has 1 heterocycles. The number of hydrogen-bond donors (Lipinski definition) is 1. The van der Waals surface area contributed by atoms with E-state index >= 15 is 0 Å². The maximum absolute atomic E-state index is 10.1. The molecule has 0 atom stereocenters. The van der Waals surface area contributed by atoms with Gasteiger partial charge in [0, 0.05) is 6.07 Å². The lowest BCUT2D eigenvalue weighted by molar-refractivity contribution is 0.00578. The molecule has 4 nitrogen and oxygen atoms in total. The first kappa shape index (κ1) is 19.3. The summed E-state index contributed by atoms with van der Waals surface area (Å²) in [7, 11) is -2.49. The maximum atomic E-state index is 10.1. The van der Waals surface area contributed by atoms with Gasteiger partial charge in [-0.3, -0.25) is 0 Å². The molecular weight excluding hydrogens is 319 g/mol. The van der Waals surface area contributed by atoms with E-state index < -0.39 is 26.6 Å². The molecule has 24 heavy (non-hydrogen) atoms. The minimum absolute atomic E-state index is 0.0863. The lowest BCUT2D eigenvalue weighted by Crippen LogP contribution is -2.44. The molecule has 0 saturated carbocycles. The van der Waals surface area contributed by atoms with Crippen LogP contribution in [-0.4, -0.2) is 31.7 Å². The Hall–Kier alpha value is -0.978. The first-order valence-corrected chi connectivity index (χ1v) is 11.4. The molecule has 0 aromatic heterocycles. The average Bonchev–Trinajstić information content (AvgIpc) is 2.55. The van der Waals surface area contributed by atoms with Crippen molar-refractivity contribution in [2.45, 2.75) is 77.8 Å². The molecule has 1 aliphatic rings. The van der Waals surface area contributed by atoms with Gasteiger partial charge in [-0.1, -0.05) is 20.8 Å². The van der Waals surface area contributed by atoms with Crippen LogP contribution in [0.3, 0.4) is 0 Å². The van der Waals surface area contributed by atoms with Crippen molar-refractivity contribution >= 4 is 20.9 Å². The summed E-state index contributed by atoms with van der Waals surface area (Å²) in [6.45, 7) is 19.0. The standard InChI is InChI=1S/C18H31BO4Si/c1-16(2,3)24(8,9)21-15-11-13(10-14(20)12-15)19-22-17(4,5)18(6,7)23-19/h10-12,20H,1-9H3. The summed E-state index contributed by atoms with van der Waals surface area (Å²) >= 11 is 0. The van der Waals surface area contributed by atoms with Crippen molar-refractivity contribution in [3.63, 3.8) is 0 Å². The highest BCUT2D eigenvalue weighted by molar-refractivity contribution is 6.74. The van der Waals surface area contributed by atoms with Crippen LogP contribution in [0, 0.1) is 0 Å². The van der Waals surface area contributed by atoms with Crippen LogP contribution in [0.4, 0.5) is 0 Å². The van der Waals surface area contributed by atoms with E-state index in [2.05, 4.69) is 33.9 Å². The van der Waals surface area contributed by atoms with Crippen molar-refractivity contribution in [1.29, 1.82) is 0 Å². The number of benzene rings is 1. The van der Waals surface area contributed by atoms with Crippen molar-refractivity contribution < 1.29 is 18.8 Å². The van der Waals surface area contributed by atoms with Crippen molar-refractivity contribution in [3.8, 4) is 11.5 Å². The topological polar surface area (TPSA) is 47.9 Å². The Bertz CT molecular complexity index is 604. The quantitative estimate of drug-likeness (QED) is 0.835. The molecule has 0 amide bonds. The second kappa shape index (κ2) is 5.78. The summed E-state index contributed by atoms with van der Waals surface area (Å²) < 4.78 is 18.5. The third-order valence-corrected chi connectivity index (χ3v) is 9.98. The monoisotopic (exact) mass is 350 g/mol. The van der Waals surface area contributed by atoms with Crippen LogP contribution >= 0.6 is 0 Å². The molecular formula is C18H31BO4Si. The van der Waals surface area contributed by atoms with Gasteiger partial charge in [-0.15, -0.1) is 0 Å². The number of phenolic OH excluding ortho intramolecular Hbond substituents is 1. The van der Waals surface area contributed by atoms with E-state index in [1.807, 2.05) is 33.8 Å². The minimum Gasteiger partial charge on any atom is -0.543 e. The van der Waals surface area contributed by atoms with Crippen LogP contribution in [-0.2, 0) is 9.31 Å². The number of hydrogen-bond acceptors (Lipinski definition) is 4. The van der Waals surface area contributed by atoms with E-state index in [0.717, 1.165) is 5.46 Å². The zero-order chi connectivity index (χ0) is 18.6. The smallest absolute Gasteiger partial charge is 0.495 e. The second-order valence-corrected chi connectivity index (χ2v) is 13.9. The van der Waals surface area contributed by atoms with Gasteiger partial charge in [-0.25, -0.2) is 0 Å². The molecule has 0 aliphatic carbocycles. The fourth-order valence-corrected chi connectivity index (χ4v) is 3.24. The summed E-state index contributed by atoms with van der Waals surface area (Å²) in [5, 5.41) is 10.2. The van der Waals surface area contributed by atoms with Crippen LogP contribution < -0.4 is 9.89 Å². The highest BCUT2D eigenvalue weighted by Crippen LogP contribution is 2.39. The minimum atomic E-state index is -1.98. The Kier molecular flexibility index (Phi) is 4.66. The van der Waals surface area contributed by atoms with Gasteiger partial charge in [0.05, 0.1) is 11.2 Å². The molecule has 1 aromatic rings. The van der Waals surface area contributed by atoms with Crippen LogP contribution in [0.2, 0.25) is 18.1 Å². The van der Waals surface area contributed by atoms with Gasteiger partial charge in [-0.05, 0) is 63.4 Å². The predicted octanol–water partition coefficient (Wildman–Crippen LogP) is 4.08. The predicted molar refractivity (Wildman–Crippen MR) is 102 cm³/mol. The number of rotatable bonds is 3. The zero-order valence-electron chi connectivity index (χ0n) is 16.5. The van der Waals surface area contributed by atoms with Crippen LogP contribution in [0.15, 0.2) is 18.2 Å². The third-order valence-electron chi connectivity index (χ3n) is 5.62. The fraction of sp³-hybridized carbons (Fsp3) is 0.667. The fourth-order valence-electron chi connectivity index (χ4n) is 2.23. The summed E-state index contributed by atoms with van der Waals surface area (Å²) in [6.07, 6.45) is 0. The maximum Gasteiger partial charge on any atom is 0.495 e. The van der Waals surface area contributed by atoms with Crippen LogP contribution in [0.5, 0.6) is 11.5 Å². The van der Waals surface area contributed by atoms with Crippen LogP contribution in [0.1, 0.15) is 48.5 Å². The summed E-state index contributed by atoms with van der Waals surface area (Å²) in [5.74, 6) is 0.835. The van der Waals surface area contributed by atoms with E-state index in [1.165, 1.54) is 0 Å². The molecule has 1 N–H and O–H groups in total. The Morgan fingerprint density at radius 3 is 1.96 bits per heavy atom. The Labute approximate surface area is 147 Å². The highest BCUT2D eigenvalue weighted by atomic mass is 28.4. The van der Waals surface area contributed by atoms with Crippen LogP contribution in [0.25, 0.3) is 0 Å². The van der Waals surface area contributed by atoms with Gasteiger partial charge in [0.15, 0.2) is 0 Å². The van der Waals surface area contributed by atoms with Crippen molar-refractivity contribution in [2.75, 3.05) is 0 Å². The molecule has 1 fully saturated rings. The van der Waals surface area contributed by atoms with Crippen molar-refractivity contribution in [2.24, 2.45) is 0 Å². The lowest BCUT2D eigenvalue weighted by atomic mass is 9.79. The molecule has 2 rings (SSSR count). The summed E-state index contributed by atoms with van der Waals surface area (Å²) in [6, 6.07) is 5.26. The van der Waals surface area contributed by atoms with E-state index in [4.69, 9.17) is 13.7 Å². The highest BCUT2D eigenvalue weighted by Gasteiger charge is 2.52. The normalized spacial score (nSPS) is 20.3. The molecule has 0 bridgehead atoms. The lowest BCUT2D eigenvalue weighted by Gasteiger charge is -2.36. The molecule has 6 heteroatoms. The zero-order valence-corrected chi connectivity index (χ0v) is 17.5. The molecule has 1 aromatic carbocycles. The number of aromatic hydroxyl groups is 1. The summed E-state index contributed by atoms with van der Waals surface area (Å²) in [5.41, 5.74) is -0.0463. The van der Waals surface area contributed by atoms with Gasteiger partial charge in [0.1, 0.15) is 11.5 Å². The largest absolute Gasteiger partial charge is 0.543 e. The first-order chi connectivity index (χ1) is 10.6. The molecule has 0 unspecified atom stereocenters. The first-order valence-electron chi connectivity index (χ1n) is 8.53. The molecule has 1 saturated heterocycles. The van der Waals surface area contributed by atoms with E-state index in [0.29, 0.717) is 5.75 Å². The number of phenols is 1.